The summed E-state index contributed by atoms with van der Waals surface area (Å²) in [6.45, 7) is 3.24. The summed E-state index contributed by atoms with van der Waals surface area (Å²) in [4.78, 5) is 0. The van der Waals surface area contributed by atoms with Gasteiger partial charge in [-0.15, -0.1) is 0 Å². The summed E-state index contributed by atoms with van der Waals surface area (Å²) in [6, 6.07) is 22.3. The molecule has 0 saturated carbocycles. The number of para-hydroxylation sites is 1. The maximum Gasteiger partial charge on any atom is 0.166 e. The van der Waals surface area contributed by atoms with Gasteiger partial charge in [-0.1, -0.05) is 71.7 Å². The normalized spacial score (nSPS) is 11.9. The highest BCUT2D eigenvalue weighted by Crippen LogP contribution is 2.33. The van der Waals surface area contributed by atoms with Crippen LogP contribution in [0.5, 0.6) is 11.5 Å². The topological polar surface area (TPSA) is 30.5 Å². The van der Waals surface area contributed by atoms with E-state index in [0.717, 1.165) is 29.7 Å². The van der Waals surface area contributed by atoms with Crippen molar-refractivity contribution >= 4 is 23.2 Å². The van der Waals surface area contributed by atoms with E-state index in [9.17, 15) is 0 Å². The van der Waals surface area contributed by atoms with E-state index >= 15 is 0 Å². The number of benzene rings is 3. The van der Waals surface area contributed by atoms with E-state index in [2.05, 4.69) is 42.6 Å². The van der Waals surface area contributed by atoms with Crippen molar-refractivity contribution in [3.63, 3.8) is 0 Å². The van der Waals surface area contributed by atoms with Crippen LogP contribution in [0.3, 0.4) is 0 Å². The van der Waals surface area contributed by atoms with Crippen LogP contribution in [0.1, 0.15) is 30.0 Å². The zero-order valence-corrected chi connectivity index (χ0v) is 18.8. The molecule has 1 N–H and O–H groups in total. The summed E-state index contributed by atoms with van der Waals surface area (Å²) >= 11 is 12.3. The Morgan fingerprint density at radius 3 is 2.47 bits per heavy atom. The lowest BCUT2D eigenvalue weighted by Crippen LogP contribution is -2.26. The molecule has 0 heterocycles. The van der Waals surface area contributed by atoms with Crippen molar-refractivity contribution in [2.75, 3.05) is 7.11 Å². The van der Waals surface area contributed by atoms with Crippen molar-refractivity contribution in [2.24, 2.45) is 0 Å². The maximum atomic E-state index is 6.29. The van der Waals surface area contributed by atoms with E-state index in [1.165, 1.54) is 5.56 Å². The maximum absolute atomic E-state index is 6.29. The van der Waals surface area contributed by atoms with Gasteiger partial charge in [0.25, 0.3) is 0 Å². The minimum atomic E-state index is 0.340. The zero-order valence-electron chi connectivity index (χ0n) is 17.3. The van der Waals surface area contributed by atoms with E-state index in [4.69, 9.17) is 32.7 Å². The van der Waals surface area contributed by atoms with Crippen molar-refractivity contribution in [1.29, 1.82) is 0 Å². The van der Waals surface area contributed by atoms with Crippen LogP contribution in [-0.4, -0.2) is 13.2 Å². The second-order valence-electron chi connectivity index (χ2n) is 7.28. The minimum Gasteiger partial charge on any atom is -0.493 e. The number of nitrogens with one attached hydrogen (secondary N) is 1. The second-order valence-corrected chi connectivity index (χ2v) is 8.12. The number of ether oxygens (including phenoxy) is 2. The Bertz CT molecular complexity index is 947. The molecule has 30 heavy (non-hydrogen) atoms. The molecule has 3 rings (SSSR count). The summed E-state index contributed by atoms with van der Waals surface area (Å²) in [5.74, 6) is 1.44. The third-order valence-corrected chi connectivity index (χ3v) is 5.60. The standard InChI is InChI=1S/C25H27Cl2NO2/c1-18(11-12-19-7-4-3-5-8-19)28-16-20-9-6-10-24(29-2)25(20)30-17-21-13-14-22(26)15-23(21)27/h3-10,13-15,18,28H,11-12,16-17H2,1-2H3/t18-/m0/s1. The van der Waals surface area contributed by atoms with E-state index < -0.39 is 0 Å². The van der Waals surface area contributed by atoms with Gasteiger partial charge in [0, 0.05) is 33.8 Å². The first-order valence-electron chi connectivity index (χ1n) is 10.1. The van der Waals surface area contributed by atoms with Gasteiger partial charge in [0.15, 0.2) is 11.5 Å². The lowest BCUT2D eigenvalue weighted by molar-refractivity contribution is 0.280. The van der Waals surface area contributed by atoms with Crippen LogP contribution in [0.15, 0.2) is 66.7 Å². The third-order valence-electron chi connectivity index (χ3n) is 5.02. The molecule has 0 saturated heterocycles. The van der Waals surface area contributed by atoms with Gasteiger partial charge in [0.1, 0.15) is 6.61 Å². The summed E-state index contributed by atoms with van der Waals surface area (Å²) in [5.41, 5.74) is 3.28. The summed E-state index contributed by atoms with van der Waals surface area (Å²) < 4.78 is 11.7. The number of halogens is 2. The van der Waals surface area contributed by atoms with Crippen molar-refractivity contribution < 1.29 is 9.47 Å². The Kier molecular flexibility index (Phi) is 8.44. The van der Waals surface area contributed by atoms with Gasteiger partial charge in [0.05, 0.1) is 7.11 Å². The molecule has 0 bridgehead atoms. The first-order valence-corrected chi connectivity index (χ1v) is 10.8. The highest BCUT2D eigenvalue weighted by molar-refractivity contribution is 6.35. The molecule has 0 aliphatic rings. The summed E-state index contributed by atoms with van der Waals surface area (Å²) in [7, 11) is 1.65. The molecule has 0 spiro atoms. The van der Waals surface area contributed by atoms with Crippen LogP contribution in [-0.2, 0) is 19.6 Å². The SMILES string of the molecule is COc1cccc(CN[C@@H](C)CCc2ccccc2)c1OCc1ccc(Cl)cc1Cl. The predicted molar refractivity (Wildman–Crippen MR) is 125 cm³/mol. The van der Waals surface area contributed by atoms with Gasteiger partial charge >= 0.3 is 0 Å². The molecule has 0 amide bonds. The van der Waals surface area contributed by atoms with Crippen LogP contribution in [0.2, 0.25) is 10.0 Å². The van der Waals surface area contributed by atoms with Gasteiger partial charge in [-0.2, -0.15) is 0 Å². The van der Waals surface area contributed by atoms with E-state index in [0.29, 0.717) is 35.0 Å². The van der Waals surface area contributed by atoms with Crippen LogP contribution in [0.25, 0.3) is 0 Å². The Labute approximate surface area is 188 Å². The number of hydrogen-bond acceptors (Lipinski definition) is 3. The smallest absolute Gasteiger partial charge is 0.166 e. The van der Waals surface area contributed by atoms with Gasteiger partial charge in [-0.3, -0.25) is 0 Å². The molecule has 0 radical (unpaired) electrons. The summed E-state index contributed by atoms with van der Waals surface area (Å²) in [6.07, 6.45) is 2.11. The average molecular weight is 444 g/mol. The second kappa shape index (κ2) is 11.3. The fourth-order valence-electron chi connectivity index (χ4n) is 3.23. The monoisotopic (exact) mass is 443 g/mol. The average Bonchev–Trinajstić information content (AvgIpc) is 2.76. The number of hydrogen-bond donors (Lipinski definition) is 1. The molecule has 158 valence electrons. The first kappa shape index (κ1) is 22.5. The molecule has 0 unspecified atom stereocenters. The fraction of sp³-hybridized carbons (Fsp3) is 0.280. The van der Waals surface area contributed by atoms with Crippen molar-refractivity contribution in [1.82, 2.24) is 5.32 Å². The molecular formula is C25H27Cl2NO2. The molecule has 3 aromatic carbocycles. The van der Waals surface area contributed by atoms with Crippen LogP contribution >= 0.6 is 23.2 Å². The quantitative estimate of drug-likeness (QED) is 0.378. The number of methoxy groups -OCH3 is 1. The lowest BCUT2D eigenvalue weighted by atomic mass is 10.1. The third kappa shape index (κ3) is 6.40. The predicted octanol–water partition coefficient (Wildman–Crippen LogP) is 6.69. The largest absolute Gasteiger partial charge is 0.493 e. The van der Waals surface area contributed by atoms with Crippen LogP contribution < -0.4 is 14.8 Å². The molecule has 0 fully saturated rings. The molecule has 0 aliphatic heterocycles. The molecule has 5 heteroatoms. The molecule has 1 atom stereocenters. The van der Waals surface area contributed by atoms with Crippen molar-refractivity contribution in [3.8, 4) is 11.5 Å². The van der Waals surface area contributed by atoms with E-state index in [-0.39, 0.29) is 0 Å². The van der Waals surface area contributed by atoms with E-state index in [1.807, 2.05) is 30.3 Å². The van der Waals surface area contributed by atoms with Crippen molar-refractivity contribution in [2.45, 2.75) is 39.0 Å². The summed E-state index contributed by atoms with van der Waals surface area (Å²) in [5, 5.41) is 4.80. The minimum absolute atomic E-state index is 0.340. The Morgan fingerprint density at radius 1 is 0.933 bits per heavy atom. The van der Waals surface area contributed by atoms with Gasteiger partial charge in [0.2, 0.25) is 0 Å². The molecule has 3 aromatic rings. The van der Waals surface area contributed by atoms with Gasteiger partial charge in [-0.25, -0.2) is 0 Å². The Hall–Kier alpha value is -2.20. The Morgan fingerprint density at radius 2 is 1.73 bits per heavy atom. The van der Waals surface area contributed by atoms with E-state index in [1.54, 1.807) is 13.2 Å². The molecular weight excluding hydrogens is 417 g/mol. The van der Waals surface area contributed by atoms with Gasteiger partial charge in [-0.05, 0) is 43.5 Å². The highest BCUT2D eigenvalue weighted by atomic mass is 35.5. The zero-order chi connectivity index (χ0) is 21.3. The molecule has 0 aliphatic carbocycles. The fourth-order valence-corrected chi connectivity index (χ4v) is 3.69. The first-order chi connectivity index (χ1) is 14.6. The Balaban J connectivity index is 1.63. The highest BCUT2D eigenvalue weighted by Gasteiger charge is 2.13. The lowest BCUT2D eigenvalue weighted by Gasteiger charge is -2.18. The molecule has 0 aromatic heterocycles. The molecule has 3 nitrogen and oxygen atoms in total. The number of aryl methyl sites for hydroxylation is 1. The van der Waals surface area contributed by atoms with Crippen LogP contribution in [0.4, 0.5) is 0 Å². The van der Waals surface area contributed by atoms with Crippen molar-refractivity contribution in [3.05, 3.63) is 93.5 Å². The van der Waals surface area contributed by atoms with Gasteiger partial charge < -0.3 is 14.8 Å². The van der Waals surface area contributed by atoms with Crippen LogP contribution in [0, 0.1) is 0 Å². The number of rotatable bonds is 10.